The Morgan fingerprint density at radius 1 is 1.08 bits per heavy atom. The number of para-hydroxylation sites is 1. The van der Waals surface area contributed by atoms with E-state index in [2.05, 4.69) is 19.2 Å². The van der Waals surface area contributed by atoms with Crippen molar-refractivity contribution in [2.75, 3.05) is 38.4 Å². The summed E-state index contributed by atoms with van der Waals surface area (Å²) in [6.45, 7) is 5.92. The lowest BCUT2D eigenvalue weighted by Gasteiger charge is -2.66. The van der Waals surface area contributed by atoms with Crippen LogP contribution in [0, 0.1) is 40.4 Å². The molecule has 8 unspecified atom stereocenters. The fraction of sp³-hybridized carbons (Fsp3) is 0.767. The van der Waals surface area contributed by atoms with Crippen LogP contribution in [0.3, 0.4) is 0 Å². The van der Waals surface area contributed by atoms with Gasteiger partial charge >= 0.3 is 0 Å². The van der Waals surface area contributed by atoms with E-state index in [0.29, 0.717) is 29.8 Å². The fourth-order valence-electron chi connectivity index (χ4n) is 9.72. The number of carbonyl (C=O) groups excluding carboxylic acids is 1. The second-order valence-corrected chi connectivity index (χ2v) is 12.9. The van der Waals surface area contributed by atoms with E-state index in [1.54, 1.807) is 7.11 Å². The summed E-state index contributed by atoms with van der Waals surface area (Å²) in [7, 11) is 3.48. The zero-order chi connectivity index (χ0) is 25.7. The van der Waals surface area contributed by atoms with Gasteiger partial charge in [0.25, 0.3) is 0 Å². The van der Waals surface area contributed by atoms with Gasteiger partial charge in [0.2, 0.25) is 0 Å². The highest BCUT2D eigenvalue weighted by Crippen LogP contribution is 2.68. The van der Waals surface area contributed by atoms with Gasteiger partial charge in [-0.3, -0.25) is 4.79 Å². The van der Waals surface area contributed by atoms with Gasteiger partial charge < -0.3 is 26.3 Å². The Bertz CT molecular complexity index is 984. The van der Waals surface area contributed by atoms with Crippen LogP contribution < -0.4 is 21.5 Å². The van der Waals surface area contributed by atoms with Crippen LogP contribution >= 0.6 is 0 Å². The monoisotopic (exact) mass is 497 g/mol. The van der Waals surface area contributed by atoms with Crippen LogP contribution in [0.4, 0.5) is 11.4 Å². The SMILES string of the molecule is COCC12CCC(C)CC1CCC1(N)C3CCC(C(=O)CNc4cccc(OC)c4N)C3(C)CCC12. The standard InChI is InChI=1S/C30H47N3O3/c1-19-10-14-29(18-35-3)20(16-19)11-15-30(32)25-9-8-21(28(25,2)13-12-26(29)30)23(34)17-33-22-6-5-7-24(36-4)27(22)31/h5-7,19-21,25-26,33H,8-18,31-32H2,1-4H3. The normalized spacial score (nSPS) is 41.6. The minimum absolute atomic E-state index is 0.0347. The van der Waals surface area contributed by atoms with Crippen molar-refractivity contribution < 1.29 is 14.3 Å². The number of hydrogen-bond acceptors (Lipinski definition) is 6. The Labute approximate surface area is 217 Å². The summed E-state index contributed by atoms with van der Waals surface area (Å²) in [6.07, 6.45) is 10.4. The van der Waals surface area contributed by atoms with Crippen LogP contribution in [0.5, 0.6) is 5.75 Å². The summed E-state index contributed by atoms with van der Waals surface area (Å²) in [6, 6.07) is 5.64. The molecule has 36 heavy (non-hydrogen) atoms. The molecule has 0 spiro atoms. The summed E-state index contributed by atoms with van der Waals surface area (Å²) in [5.74, 6) is 3.39. The molecule has 1 aromatic carbocycles. The first kappa shape index (κ1) is 25.8. The highest BCUT2D eigenvalue weighted by molar-refractivity contribution is 5.87. The molecule has 4 saturated carbocycles. The summed E-state index contributed by atoms with van der Waals surface area (Å²) in [5.41, 5.74) is 15.1. The Morgan fingerprint density at radius 2 is 1.89 bits per heavy atom. The van der Waals surface area contributed by atoms with E-state index in [0.717, 1.165) is 56.2 Å². The summed E-state index contributed by atoms with van der Waals surface area (Å²) < 4.78 is 11.3. The molecule has 0 saturated heterocycles. The number of nitrogens with two attached hydrogens (primary N) is 2. The van der Waals surface area contributed by atoms with E-state index in [9.17, 15) is 4.79 Å². The van der Waals surface area contributed by atoms with Gasteiger partial charge in [0.1, 0.15) is 5.75 Å². The van der Waals surface area contributed by atoms with Crippen LogP contribution in [-0.4, -0.2) is 38.7 Å². The van der Waals surface area contributed by atoms with Crippen molar-refractivity contribution in [2.24, 2.45) is 46.2 Å². The van der Waals surface area contributed by atoms with E-state index in [1.807, 2.05) is 25.3 Å². The third kappa shape index (κ3) is 3.86. The first-order chi connectivity index (χ1) is 17.2. The number of Topliss-reactive ketones (excluding diaryl/α,β-unsaturated/α-hetero) is 1. The first-order valence-electron chi connectivity index (χ1n) is 14.2. The van der Waals surface area contributed by atoms with Crippen molar-refractivity contribution in [3.8, 4) is 5.75 Å². The predicted octanol–water partition coefficient (Wildman–Crippen LogP) is 5.26. The number of anilines is 2. The van der Waals surface area contributed by atoms with E-state index in [4.69, 9.17) is 20.9 Å². The molecule has 1 aromatic rings. The van der Waals surface area contributed by atoms with Crippen LogP contribution in [0.2, 0.25) is 0 Å². The molecule has 8 atom stereocenters. The molecule has 0 aliphatic heterocycles. The number of hydrogen-bond donors (Lipinski definition) is 3. The van der Waals surface area contributed by atoms with Crippen molar-refractivity contribution >= 4 is 17.2 Å². The minimum atomic E-state index is -0.192. The van der Waals surface area contributed by atoms with Crippen LogP contribution in [0.15, 0.2) is 18.2 Å². The number of benzene rings is 1. The van der Waals surface area contributed by atoms with Gasteiger partial charge in [-0.2, -0.15) is 0 Å². The number of ether oxygens (including phenoxy) is 2. The van der Waals surface area contributed by atoms with Crippen LogP contribution in [-0.2, 0) is 9.53 Å². The maximum absolute atomic E-state index is 13.6. The number of nitrogens with one attached hydrogen (secondary N) is 1. The third-order valence-electron chi connectivity index (χ3n) is 11.4. The van der Waals surface area contributed by atoms with Gasteiger partial charge in [0.05, 0.1) is 31.6 Å². The van der Waals surface area contributed by atoms with Crippen molar-refractivity contribution in [3.63, 3.8) is 0 Å². The Morgan fingerprint density at radius 3 is 2.64 bits per heavy atom. The van der Waals surface area contributed by atoms with Crippen molar-refractivity contribution in [1.82, 2.24) is 0 Å². The summed E-state index contributed by atoms with van der Waals surface area (Å²) in [4.78, 5) is 13.6. The average molecular weight is 498 g/mol. The number of methoxy groups -OCH3 is 2. The molecule has 4 fully saturated rings. The Balaban J connectivity index is 1.35. The molecule has 0 amide bonds. The molecule has 4 aliphatic carbocycles. The number of ketones is 1. The number of nitrogen functional groups attached to an aromatic ring is 1. The van der Waals surface area contributed by atoms with E-state index in [1.165, 1.54) is 25.7 Å². The second-order valence-electron chi connectivity index (χ2n) is 12.9. The first-order valence-corrected chi connectivity index (χ1v) is 14.2. The van der Waals surface area contributed by atoms with Gasteiger partial charge in [0, 0.05) is 24.0 Å². The molecule has 6 nitrogen and oxygen atoms in total. The van der Waals surface area contributed by atoms with Crippen molar-refractivity contribution in [3.05, 3.63) is 18.2 Å². The molecule has 6 heteroatoms. The lowest BCUT2D eigenvalue weighted by molar-refractivity contribution is -0.163. The van der Waals surface area contributed by atoms with Gasteiger partial charge in [0.15, 0.2) is 5.78 Å². The average Bonchev–Trinajstić information content (AvgIpc) is 3.22. The molecule has 200 valence electrons. The molecule has 5 N–H and O–H groups in total. The van der Waals surface area contributed by atoms with Gasteiger partial charge in [-0.15, -0.1) is 0 Å². The fourth-order valence-corrected chi connectivity index (χ4v) is 9.72. The molecular formula is C30H47N3O3. The molecule has 0 radical (unpaired) electrons. The Kier molecular flexibility index (Phi) is 6.82. The van der Waals surface area contributed by atoms with Gasteiger partial charge in [-0.05, 0) is 92.6 Å². The number of rotatable bonds is 7. The smallest absolute Gasteiger partial charge is 0.155 e. The minimum Gasteiger partial charge on any atom is -0.495 e. The molecule has 0 aromatic heterocycles. The number of carbonyl (C=O) groups is 1. The lowest BCUT2D eigenvalue weighted by atomic mass is 9.41. The summed E-state index contributed by atoms with van der Waals surface area (Å²) in [5, 5.41) is 3.30. The molecule has 5 rings (SSSR count). The van der Waals surface area contributed by atoms with Crippen molar-refractivity contribution in [1.29, 1.82) is 0 Å². The van der Waals surface area contributed by atoms with Crippen molar-refractivity contribution in [2.45, 2.75) is 77.2 Å². The maximum atomic E-state index is 13.6. The zero-order valence-corrected chi connectivity index (χ0v) is 22.8. The number of fused-ring (bicyclic) bond motifs is 5. The molecule has 0 heterocycles. The van der Waals surface area contributed by atoms with Gasteiger partial charge in [-0.25, -0.2) is 0 Å². The molecular weight excluding hydrogens is 450 g/mol. The van der Waals surface area contributed by atoms with Gasteiger partial charge in [-0.1, -0.05) is 26.3 Å². The van der Waals surface area contributed by atoms with E-state index in [-0.39, 0.29) is 28.1 Å². The van der Waals surface area contributed by atoms with Crippen LogP contribution in [0.1, 0.15) is 71.6 Å². The maximum Gasteiger partial charge on any atom is 0.155 e. The van der Waals surface area contributed by atoms with E-state index < -0.39 is 0 Å². The third-order valence-corrected chi connectivity index (χ3v) is 11.4. The highest BCUT2D eigenvalue weighted by atomic mass is 16.5. The van der Waals surface area contributed by atoms with Crippen LogP contribution in [0.25, 0.3) is 0 Å². The summed E-state index contributed by atoms with van der Waals surface area (Å²) >= 11 is 0. The largest absolute Gasteiger partial charge is 0.495 e. The highest BCUT2D eigenvalue weighted by Gasteiger charge is 2.67. The topological polar surface area (TPSA) is 99.6 Å². The molecule has 4 aliphatic rings. The zero-order valence-electron chi connectivity index (χ0n) is 22.8. The van der Waals surface area contributed by atoms with E-state index >= 15 is 0 Å². The second kappa shape index (κ2) is 9.50. The predicted molar refractivity (Wildman–Crippen MR) is 145 cm³/mol. The Hall–Kier alpha value is -1.79. The lowest BCUT2D eigenvalue weighted by Crippen LogP contribution is -2.69. The molecule has 0 bridgehead atoms. The quantitative estimate of drug-likeness (QED) is 0.444.